The molecule has 0 fully saturated rings. The van der Waals surface area contributed by atoms with Crippen LogP contribution in [0.4, 0.5) is 11.4 Å². The summed E-state index contributed by atoms with van der Waals surface area (Å²) in [7, 11) is -3.55. The highest BCUT2D eigenvalue weighted by Crippen LogP contribution is 2.17. The molecule has 0 aliphatic carbocycles. The van der Waals surface area contributed by atoms with Crippen LogP contribution < -0.4 is 10.0 Å². The first-order chi connectivity index (χ1) is 8.62. The monoisotopic (exact) mass is 266 g/mol. The summed E-state index contributed by atoms with van der Waals surface area (Å²) in [6.45, 7) is 2.77. The number of benzene rings is 1. The number of hydrogen-bond donors (Lipinski definition) is 3. The Labute approximate surface area is 105 Å². The summed E-state index contributed by atoms with van der Waals surface area (Å²) in [5, 5.41) is 9.32. The van der Waals surface area contributed by atoms with Gasteiger partial charge in [0.1, 0.15) is 0 Å². The third-order valence-corrected chi connectivity index (χ3v) is 3.69. The van der Waals surface area contributed by atoms with Crippen LogP contribution in [0.2, 0.25) is 0 Å². The van der Waals surface area contributed by atoms with E-state index < -0.39 is 10.0 Å². The second-order valence-electron chi connectivity index (χ2n) is 3.65. The number of sulfonamides is 1. The molecule has 2 rings (SSSR count). The number of H-pyrrole nitrogens is 1. The van der Waals surface area contributed by atoms with Crippen LogP contribution in [0.15, 0.2) is 41.6 Å². The van der Waals surface area contributed by atoms with E-state index in [-0.39, 0.29) is 4.90 Å². The van der Waals surface area contributed by atoms with Crippen molar-refractivity contribution in [2.45, 2.75) is 11.8 Å². The molecule has 0 saturated heterocycles. The van der Waals surface area contributed by atoms with Gasteiger partial charge in [-0.1, -0.05) is 0 Å². The molecule has 0 bridgehead atoms. The van der Waals surface area contributed by atoms with E-state index in [0.29, 0.717) is 5.69 Å². The highest BCUT2D eigenvalue weighted by Gasteiger charge is 2.14. The SMILES string of the molecule is CCNc1ccc(S(=O)(=O)Nc2cn[nH]c2)cc1. The van der Waals surface area contributed by atoms with Crippen molar-refractivity contribution < 1.29 is 8.42 Å². The van der Waals surface area contributed by atoms with Gasteiger partial charge in [0.05, 0.1) is 16.8 Å². The molecule has 7 heteroatoms. The Hall–Kier alpha value is -2.02. The summed E-state index contributed by atoms with van der Waals surface area (Å²) >= 11 is 0. The Bertz CT molecular complexity index is 590. The second-order valence-corrected chi connectivity index (χ2v) is 5.33. The van der Waals surface area contributed by atoms with Gasteiger partial charge in [0, 0.05) is 18.4 Å². The molecule has 0 spiro atoms. The van der Waals surface area contributed by atoms with Gasteiger partial charge in [-0.25, -0.2) is 8.42 Å². The topological polar surface area (TPSA) is 86.9 Å². The molecular weight excluding hydrogens is 252 g/mol. The highest BCUT2D eigenvalue weighted by atomic mass is 32.2. The van der Waals surface area contributed by atoms with E-state index in [1.165, 1.54) is 12.4 Å². The van der Waals surface area contributed by atoms with Gasteiger partial charge in [0.15, 0.2) is 0 Å². The van der Waals surface area contributed by atoms with Crippen LogP contribution in [-0.4, -0.2) is 25.2 Å². The highest BCUT2D eigenvalue weighted by molar-refractivity contribution is 7.92. The number of aromatic amines is 1. The predicted molar refractivity (Wildman–Crippen MR) is 70.0 cm³/mol. The maximum Gasteiger partial charge on any atom is 0.261 e. The van der Waals surface area contributed by atoms with E-state index in [1.54, 1.807) is 24.3 Å². The average molecular weight is 266 g/mol. The number of hydrogen-bond acceptors (Lipinski definition) is 4. The zero-order chi connectivity index (χ0) is 13.0. The van der Waals surface area contributed by atoms with E-state index in [1.807, 2.05) is 6.92 Å². The summed E-state index contributed by atoms with van der Waals surface area (Å²) in [5.41, 5.74) is 1.30. The summed E-state index contributed by atoms with van der Waals surface area (Å²) in [4.78, 5) is 0.213. The normalized spacial score (nSPS) is 11.2. The smallest absolute Gasteiger partial charge is 0.261 e. The molecule has 96 valence electrons. The summed E-state index contributed by atoms with van der Waals surface area (Å²) in [6.07, 6.45) is 2.88. The van der Waals surface area contributed by atoms with E-state index >= 15 is 0 Å². The molecule has 1 heterocycles. The molecule has 1 aromatic carbocycles. The van der Waals surface area contributed by atoms with Crippen LogP contribution in [0.5, 0.6) is 0 Å². The number of aromatic nitrogens is 2. The lowest BCUT2D eigenvalue weighted by Crippen LogP contribution is -2.12. The lowest BCUT2D eigenvalue weighted by Gasteiger charge is -2.07. The van der Waals surface area contributed by atoms with Crippen LogP contribution in [0.3, 0.4) is 0 Å². The first kappa shape index (κ1) is 12.4. The number of anilines is 2. The fourth-order valence-electron chi connectivity index (χ4n) is 1.48. The molecule has 0 saturated carbocycles. The molecule has 1 aromatic heterocycles. The van der Waals surface area contributed by atoms with Crippen molar-refractivity contribution in [3.63, 3.8) is 0 Å². The van der Waals surface area contributed by atoms with Crippen molar-refractivity contribution in [2.24, 2.45) is 0 Å². The van der Waals surface area contributed by atoms with Gasteiger partial charge in [-0.2, -0.15) is 5.10 Å². The minimum absolute atomic E-state index is 0.213. The van der Waals surface area contributed by atoms with Gasteiger partial charge >= 0.3 is 0 Å². The minimum atomic E-state index is -3.55. The third-order valence-electron chi connectivity index (χ3n) is 2.30. The molecule has 0 aliphatic rings. The summed E-state index contributed by atoms with van der Waals surface area (Å²) in [6, 6.07) is 6.57. The van der Waals surface area contributed by atoms with Gasteiger partial charge in [-0.15, -0.1) is 0 Å². The van der Waals surface area contributed by atoms with Crippen molar-refractivity contribution in [3.8, 4) is 0 Å². The Kier molecular flexibility index (Phi) is 3.52. The molecule has 2 aromatic rings. The summed E-state index contributed by atoms with van der Waals surface area (Å²) in [5.74, 6) is 0. The van der Waals surface area contributed by atoms with E-state index in [4.69, 9.17) is 0 Å². The Morgan fingerprint density at radius 2 is 1.94 bits per heavy atom. The van der Waals surface area contributed by atoms with Crippen LogP contribution in [0, 0.1) is 0 Å². The Morgan fingerprint density at radius 3 is 2.50 bits per heavy atom. The van der Waals surface area contributed by atoms with Crippen molar-refractivity contribution in [2.75, 3.05) is 16.6 Å². The number of nitrogens with zero attached hydrogens (tertiary/aromatic N) is 1. The lowest BCUT2D eigenvalue weighted by atomic mass is 10.3. The first-order valence-electron chi connectivity index (χ1n) is 5.47. The number of nitrogens with one attached hydrogen (secondary N) is 3. The van der Waals surface area contributed by atoms with Gasteiger partial charge in [0.25, 0.3) is 10.0 Å². The molecule has 6 nitrogen and oxygen atoms in total. The zero-order valence-corrected chi connectivity index (χ0v) is 10.7. The van der Waals surface area contributed by atoms with E-state index in [2.05, 4.69) is 20.2 Å². The Morgan fingerprint density at radius 1 is 1.22 bits per heavy atom. The first-order valence-corrected chi connectivity index (χ1v) is 6.95. The van der Waals surface area contributed by atoms with Crippen molar-refractivity contribution in [1.82, 2.24) is 10.2 Å². The molecule has 0 unspecified atom stereocenters. The van der Waals surface area contributed by atoms with Gasteiger partial charge < -0.3 is 5.32 Å². The fourth-order valence-corrected chi connectivity index (χ4v) is 2.51. The van der Waals surface area contributed by atoms with Gasteiger partial charge in [-0.05, 0) is 31.2 Å². The molecule has 0 aliphatic heterocycles. The second kappa shape index (κ2) is 5.09. The maximum atomic E-state index is 12.0. The predicted octanol–water partition coefficient (Wildman–Crippen LogP) is 1.64. The zero-order valence-electron chi connectivity index (χ0n) is 9.84. The molecule has 3 N–H and O–H groups in total. The third kappa shape index (κ3) is 2.80. The van der Waals surface area contributed by atoms with Gasteiger partial charge in [0.2, 0.25) is 0 Å². The molecule has 0 amide bonds. The maximum absolute atomic E-state index is 12.0. The lowest BCUT2D eigenvalue weighted by molar-refractivity contribution is 0.601. The summed E-state index contributed by atoms with van der Waals surface area (Å²) < 4.78 is 26.4. The Balaban J connectivity index is 2.19. The van der Waals surface area contributed by atoms with Crippen LogP contribution >= 0.6 is 0 Å². The van der Waals surface area contributed by atoms with Crippen molar-refractivity contribution >= 4 is 21.4 Å². The molecular formula is C11H14N4O2S. The molecule has 18 heavy (non-hydrogen) atoms. The quantitative estimate of drug-likeness (QED) is 0.768. The van der Waals surface area contributed by atoms with Crippen molar-refractivity contribution in [3.05, 3.63) is 36.7 Å². The van der Waals surface area contributed by atoms with E-state index in [0.717, 1.165) is 12.2 Å². The largest absolute Gasteiger partial charge is 0.385 e. The fraction of sp³-hybridized carbons (Fsp3) is 0.182. The standard InChI is InChI=1S/C11H14N4O2S/c1-2-12-9-3-5-11(6-4-9)18(16,17)15-10-7-13-14-8-10/h3-8,12,15H,2H2,1H3,(H,13,14). The van der Waals surface area contributed by atoms with Crippen LogP contribution in [0.1, 0.15) is 6.92 Å². The average Bonchev–Trinajstić information content (AvgIpc) is 2.82. The van der Waals surface area contributed by atoms with Gasteiger partial charge in [-0.3, -0.25) is 9.82 Å². The van der Waals surface area contributed by atoms with E-state index in [9.17, 15) is 8.42 Å². The van der Waals surface area contributed by atoms with Crippen LogP contribution in [-0.2, 0) is 10.0 Å². The van der Waals surface area contributed by atoms with Crippen molar-refractivity contribution in [1.29, 1.82) is 0 Å². The molecule has 0 atom stereocenters. The minimum Gasteiger partial charge on any atom is -0.385 e. The molecule has 0 radical (unpaired) electrons. The number of rotatable bonds is 5. The van der Waals surface area contributed by atoms with Crippen LogP contribution in [0.25, 0.3) is 0 Å².